The van der Waals surface area contributed by atoms with Crippen LogP contribution in [0.15, 0.2) is 72.8 Å². The molecule has 1 aliphatic rings. The Morgan fingerprint density at radius 1 is 0.912 bits per heavy atom. The minimum absolute atomic E-state index is 0.334. The Labute approximate surface area is 200 Å². The summed E-state index contributed by atoms with van der Waals surface area (Å²) in [4.78, 5) is 13.4. The van der Waals surface area contributed by atoms with Gasteiger partial charge in [0.1, 0.15) is 19.3 Å². The molecule has 0 radical (unpaired) electrons. The predicted molar refractivity (Wildman–Crippen MR) is 132 cm³/mol. The van der Waals surface area contributed by atoms with E-state index in [0.29, 0.717) is 30.4 Å². The smallest absolute Gasteiger partial charge is 0.244 e. The number of carbonyl (C=O) groups excluding carboxylic acids is 1. The number of nitrogens with one attached hydrogen (secondary N) is 1. The monoisotopic (exact) mass is 480 g/mol. The Kier molecular flexibility index (Phi) is 6.79. The molecule has 2 atom stereocenters. The molecule has 0 fully saturated rings. The fourth-order valence-electron chi connectivity index (χ4n) is 4.00. The second kappa shape index (κ2) is 9.77. The number of nitrogens with zero attached hydrogens (tertiary/aromatic N) is 1. The van der Waals surface area contributed by atoms with Gasteiger partial charge in [0.15, 0.2) is 11.5 Å². The Balaban J connectivity index is 1.65. The van der Waals surface area contributed by atoms with Crippen molar-refractivity contribution < 1.29 is 22.7 Å². The third kappa shape index (κ3) is 5.17. The van der Waals surface area contributed by atoms with E-state index in [1.54, 1.807) is 25.1 Å². The van der Waals surface area contributed by atoms with Crippen LogP contribution in [0, 0.1) is 6.92 Å². The molecule has 3 aromatic rings. The standard InChI is InChI=1S/C26H28N2O5S/c1-18-9-11-21(12-10-18)25(20-7-5-4-6-8-20)27-26(29)19(2)28(34(3,30)31)22-13-14-23-24(17-22)33-16-15-32-23/h4-14,17,19,25H,15-16H2,1-3H3,(H,27,29)/t19-,25+/m0/s1. The van der Waals surface area contributed by atoms with Gasteiger partial charge in [0.25, 0.3) is 0 Å². The number of ether oxygens (including phenoxy) is 2. The van der Waals surface area contributed by atoms with E-state index >= 15 is 0 Å². The van der Waals surface area contributed by atoms with E-state index < -0.39 is 28.0 Å². The Bertz CT molecular complexity index is 1260. The number of fused-ring (bicyclic) bond motifs is 1. The molecule has 1 aliphatic heterocycles. The molecule has 1 N–H and O–H groups in total. The predicted octanol–water partition coefficient (Wildman–Crippen LogP) is 3.83. The van der Waals surface area contributed by atoms with Crippen LogP contribution in [0.1, 0.15) is 29.7 Å². The van der Waals surface area contributed by atoms with E-state index in [1.165, 1.54) is 0 Å². The van der Waals surface area contributed by atoms with Crippen LogP contribution in [0.5, 0.6) is 11.5 Å². The lowest BCUT2D eigenvalue weighted by atomic mass is 9.97. The van der Waals surface area contributed by atoms with Crippen LogP contribution >= 0.6 is 0 Å². The van der Waals surface area contributed by atoms with Gasteiger partial charge >= 0.3 is 0 Å². The molecule has 1 amide bonds. The summed E-state index contributed by atoms with van der Waals surface area (Å²) in [6, 6.07) is 20.9. The lowest BCUT2D eigenvalue weighted by Gasteiger charge is -2.31. The quantitative estimate of drug-likeness (QED) is 0.556. The second-order valence-electron chi connectivity index (χ2n) is 8.33. The van der Waals surface area contributed by atoms with Crippen LogP contribution in [0.25, 0.3) is 0 Å². The number of rotatable bonds is 7. The normalized spacial score (nSPS) is 14.7. The lowest BCUT2D eigenvalue weighted by molar-refractivity contribution is -0.122. The van der Waals surface area contributed by atoms with Crippen LogP contribution in [0.3, 0.4) is 0 Å². The van der Waals surface area contributed by atoms with Crippen LogP contribution < -0.4 is 19.1 Å². The van der Waals surface area contributed by atoms with Crippen molar-refractivity contribution in [1.29, 1.82) is 0 Å². The highest BCUT2D eigenvalue weighted by Crippen LogP contribution is 2.35. The Morgan fingerprint density at radius 3 is 2.18 bits per heavy atom. The maximum Gasteiger partial charge on any atom is 0.244 e. The first-order valence-corrected chi connectivity index (χ1v) is 12.9. The fourth-order valence-corrected chi connectivity index (χ4v) is 5.17. The topological polar surface area (TPSA) is 84.9 Å². The number of benzene rings is 3. The molecule has 0 bridgehead atoms. The first-order valence-electron chi connectivity index (χ1n) is 11.0. The molecule has 4 rings (SSSR count). The van der Waals surface area contributed by atoms with Gasteiger partial charge in [-0.1, -0.05) is 60.2 Å². The summed E-state index contributed by atoms with van der Waals surface area (Å²) in [5.41, 5.74) is 3.25. The molecule has 0 aliphatic carbocycles. The zero-order chi connectivity index (χ0) is 24.3. The highest BCUT2D eigenvalue weighted by molar-refractivity contribution is 7.92. The van der Waals surface area contributed by atoms with Crippen molar-refractivity contribution in [1.82, 2.24) is 5.32 Å². The van der Waals surface area contributed by atoms with Crippen molar-refractivity contribution in [2.24, 2.45) is 0 Å². The highest BCUT2D eigenvalue weighted by atomic mass is 32.2. The van der Waals surface area contributed by atoms with Crippen molar-refractivity contribution in [3.8, 4) is 11.5 Å². The van der Waals surface area contributed by atoms with E-state index in [4.69, 9.17) is 9.47 Å². The van der Waals surface area contributed by atoms with E-state index in [9.17, 15) is 13.2 Å². The zero-order valence-corrected chi connectivity index (χ0v) is 20.2. The summed E-state index contributed by atoms with van der Waals surface area (Å²) < 4.78 is 37.8. The number of aryl methyl sites for hydroxylation is 1. The molecule has 0 spiro atoms. The van der Waals surface area contributed by atoms with Crippen LogP contribution in [0.4, 0.5) is 5.69 Å². The number of hydrogen-bond acceptors (Lipinski definition) is 5. The van der Waals surface area contributed by atoms with Gasteiger partial charge < -0.3 is 14.8 Å². The van der Waals surface area contributed by atoms with Gasteiger partial charge in [-0.05, 0) is 37.1 Å². The van der Waals surface area contributed by atoms with Gasteiger partial charge in [-0.2, -0.15) is 0 Å². The minimum Gasteiger partial charge on any atom is -0.486 e. The number of hydrogen-bond donors (Lipinski definition) is 1. The van der Waals surface area contributed by atoms with Crippen molar-refractivity contribution in [3.05, 3.63) is 89.5 Å². The number of sulfonamides is 1. The summed E-state index contributed by atoms with van der Waals surface area (Å²) in [7, 11) is -3.78. The second-order valence-corrected chi connectivity index (χ2v) is 10.2. The number of anilines is 1. The molecule has 178 valence electrons. The Hall–Kier alpha value is -3.52. The van der Waals surface area contributed by atoms with Gasteiger partial charge in [0, 0.05) is 6.07 Å². The summed E-state index contributed by atoms with van der Waals surface area (Å²) in [5.74, 6) is 0.575. The minimum atomic E-state index is -3.78. The molecule has 0 saturated carbocycles. The number of amides is 1. The molecule has 34 heavy (non-hydrogen) atoms. The molecule has 7 nitrogen and oxygen atoms in total. The highest BCUT2D eigenvalue weighted by Gasteiger charge is 2.32. The average molecular weight is 481 g/mol. The molecule has 0 unspecified atom stereocenters. The maximum atomic E-state index is 13.4. The van der Waals surface area contributed by atoms with Crippen molar-refractivity contribution >= 4 is 21.6 Å². The van der Waals surface area contributed by atoms with E-state index in [0.717, 1.165) is 27.3 Å². The van der Waals surface area contributed by atoms with Gasteiger partial charge in [-0.25, -0.2) is 8.42 Å². The van der Waals surface area contributed by atoms with Gasteiger partial charge in [-0.15, -0.1) is 0 Å². The van der Waals surface area contributed by atoms with Gasteiger partial charge in [0.2, 0.25) is 15.9 Å². The van der Waals surface area contributed by atoms with E-state index in [-0.39, 0.29) is 0 Å². The van der Waals surface area contributed by atoms with Crippen LogP contribution in [-0.2, 0) is 14.8 Å². The van der Waals surface area contributed by atoms with Crippen LogP contribution in [0.2, 0.25) is 0 Å². The van der Waals surface area contributed by atoms with Crippen molar-refractivity contribution in [3.63, 3.8) is 0 Å². The lowest BCUT2D eigenvalue weighted by Crippen LogP contribution is -2.48. The van der Waals surface area contributed by atoms with Crippen molar-refractivity contribution in [2.45, 2.75) is 25.9 Å². The van der Waals surface area contributed by atoms with E-state index in [1.807, 2.05) is 61.5 Å². The summed E-state index contributed by atoms with van der Waals surface area (Å²) in [5, 5.41) is 3.05. The van der Waals surface area contributed by atoms with Gasteiger partial charge in [0.05, 0.1) is 18.0 Å². The zero-order valence-electron chi connectivity index (χ0n) is 19.4. The average Bonchev–Trinajstić information content (AvgIpc) is 2.82. The molecular weight excluding hydrogens is 452 g/mol. The maximum absolute atomic E-state index is 13.4. The SMILES string of the molecule is Cc1ccc([C@H](NC(=O)[C@H](C)N(c2ccc3c(c2)OCCO3)S(C)(=O)=O)c2ccccc2)cc1. The molecule has 1 heterocycles. The molecule has 0 aromatic heterocycles. The molecule has 3 aromatic carbocycles. The van der Waals surface area contributed by atoms with E-state index in [2.05, 4.69) is 5.32 Å². The summed E-state index contributed by atoms with van der Waals surface area (Å²) >= 11 is 0. The summed E-state index contributed by atoms with van der Waals surface area (Å²) in [6.45, 7) is 4.38. The summed E-state index contributed by atoms with van der Waals surface area (Å²) in [6.07, 6.45) is 1.09. The third-order valence-electron chi connectivity index (χ3n) is 5.70. The Morgan fingerprint density at radius 2 is 1.53 bits per heavy atom. The first kappa shape index (κ1) is 23.6. The molecule has 0 saturated heterocycles. The first-order chi connectivity index (χ1) is 16.2. The van der Waals surface area contributed by atoms with Crippen molar-refractivity contribution in [2.75, 3.05) is 23.8 Å². The number of carbonyl (C=O) groups is 1. The fraction of sp³-hybridized carbons (Fsp3) is 0.269. The third-order valence-corrected chi connectivity index (χ3v) is 6.94. The van der Waals surface area contributed by atoms with Gasteiger partial charge in [-0.3, -0.25) is 9.10 Å². The van der Waals surface area contributed by atoms with Crippen LogP contribution in [-0.4, -0.2) is 39.8 Å². The molecular formula is C26H28N2O5S. The molecule has 8 heteroatoms. The largest absolute Gasteiger partial charge is 0.486 e.